The minimum Gasteiger partial charge on any atom is -0.479 e. The number of carbonyl (C=O) groups is 2. The largest absolute Gasteiger partial charge is 0.479 e. The van der Waals surface area contributed by atoms with Crippen molar-refractivity contribution in [1.29, 1.82) is 0 Å². The van der Waals surface area contributed by atoms with Crippen molar-refractivity contribution in [2.24, 2.45) is 5.92 Å². The van der Waals surface area contributed by atoms with Crippen molar-refractivity contribution < 1.29 is 19.8 Å². The van der Waals surface area contributed by atoms with Crippen LogP contribution in [0.5, 0.6) is 0 Å². The Balaban J connectivity index is 3.44. The van der Waals surface area contributed by atoms with Crippen LogP contribution >= 0.6 is 0 Å². The Labute approximate surface area is 101 Å². The Morgan fingerprint density at radius 1 is 1.18 bits per heavy atom. The number of carbonyl (C=O) groups excluding carboxylic acids is 1. The highest BCUT2D eigenvalue weighted by molar-refractivity contribution is 5.76. The van der Waals surface area contributed by atoms with Crippen molar-refractivity contribution >= 4 is 12.0 Å². The molecule has 0 saturated heterocycles. The molecule has 0 aromatic heterocycles. The number of carboxylic acids is 1. The molecule has 6 nitrogen and oxygen atoms in total. The number of rotatable bonds is 8. The molecule has 0 heterocycles. The van der Waals surface area contributed by atoms with Crippen LogP contribution in [0, 0.1) is 5.92 Å². The van der Waals surface area contributed by atoms with Crippen LogP contribution in [0.15, 0.2) is 0 Å². The van der Waals surface area contributed by atoms with E-state index in [-0.39, 0.29) is 6.54 Å². The van der Waals surface area contributed by atoms with E-state index in [1.165, 1.54) is 0 Å². The lowest BCUT2D eigenvalue weighted by molar-refractivity contribution is -0.146. The van der Waals surface area contributed by atoms with Gasteiger partial charge in [-0.2, -0.15) is 0 Å². The van der Waals surface area contributed by atoms with Gasteiger partial charge < -0.3 is 20.8 Å². The zero-order valence-corrected chi connectivity index (χ0v) is 10.4. The van der Waals surface area contributed by atoms with Gasteiger partial charge in [-0.1, -0.05) is 26.7 Å². The number of unbranched alkanes of at least 4 members (excludes halogenated alkanes) is 1. The SMILES string of the molecule is CC(C)CCCCNC(=O)NC[C@H](O)C(=O)O. The minimum absolute atomic E-state index is 0.285. The maximum absolute atomic E-state index is 11.1. The van der Waals surface area contributed by atoms with Crippen LogP contribution in [-0.2, 0) is 4.79 Å². The highest BCUT2D eigenvalue weighted by Gasteiger charge is 2.13. The maximum Gasteiger partial charge on any atom is 0.334 e. The number of hydrogen-bond donors (Lipinski definition) is 4. The average molecular weight is 246 g/mol. The monoisotopic (exact) mass is 246 g/mol. The summed E-state index contributed by atoms with van der Waals surface area (Å²) >= 11 is 0. The summed E-state index contributed by atoms with van der Waals surface area (Å²) in [5, 5.41) is 22.2. The van der Waals surface area contributed by atoms with Crippen LogP contribution in [0.2, 0.25) is 0 Å². The number of hydrogen-bond acceptors (Lipinski definition) is 3. The van der Waals surface area contributed by atoms with Gasteiger partial charge >= 0.3 is 12.0 Å². The van der Waals surface area contributed by atoms with E-state index in [1.807, 2.05) is 0 Å². The summed E-state index contributed by atoms with van der Waals surface area (Å²) in [6, 6.07) is -0.449. The number of urea groups is 1. The smallest absolute Gasteiger partial charge is 0.334 e. The molecule has 0 unspecified atom stereocenters. The van der Waals surface area contributed by atoms with Gasteiger partial charge in [-0.3, -0.25) is 0 Å². The van der Waals surface area contributed by atoms with Crippen LogP contribution in [-0.4, -0.2) is 41.4 Å². The summed E-state index contributed by atoms with van der Waals surface area (Å²) < 4.78 is 0. The molecular formula is C11H22N2O4. The Hall–Kier alpha value is -1.30. The predicted octanol–water partition coefficient (Wildman–Crippen LogP) is 0.557. The van der Waals surface area contributed by atoms with E-state index in [1.54, 1.807) is 0 Å². The molecule has 1 atom stereocenters. The quantitative estimate of drug-likeness (QED) is 0.470. The summed E-state index contributed by atoms with van der Waals surface area (Å²) in [5.41, 5.74) is 0. The van der Waals surface area contributed by atoms with E-state index in [9.17, 15) is 9.59 Å². The van der Waals surface area contributed by atoms with Crippen molar-refractivity contribution in [3.63, 3.8) is 0 Å². The molecule has 0 aliphatic carbocycles. The molecule has 0 rings (SSSR count). The number of aliphatic hydroxyl groups excluding tert-OH is 1. The minimum atomic E-state index is -1.55. The molecule has 0 aromatic rings. The van der Waals surface area contributed by atoms with Crippen molar-refractivity contribution in [3.8, 4) is 0 Å². The fourth-order valence-electron chi connectivity index (χ4n) is 1.22. The Morgan fingerprint density at radius 2 is 1.82 bits per heavy atom. The van der Waals surface area contributed by atoms with Crippen molar-refractivity contribution in [3.05, 3.63) is 0 Å². The van der Waals surface area contributed by atoms with E-state index in [0.717, 1.165) is 19.3 Å². The van der Waals surface area contributed by atoms with Gasteiger partial charge in [0.05, 0.1) is 6.54 Å². The Morgan fingerprint density at radius 3 is 2.35 bits per heavy atom. The molecular weight excluding hydrogens is 224 g/mol. The lowest BCUT2D eigenvalue weighted by Crippen LogP contribution is -2.42. The van der Waals surface area contributed by atoms with Crippen LogP contribution in [0.3, 0.4) is 0 Å². The lowest BCUT2D eigenvalue weighted by Gasteiger charge is -2.09. The molecule has 0 spiro atoms. The third-order valence-corrected chi connectivity index (χ3v) is 2.23. The molecule has 0 radical (unpaired) electrons. The van der Waals surface area contributed by atoms with E-state index in [0.29, 0.717) is 12.5 Å². The molecule has 0 saturated carbocycles. The van der Waals surface area contributed by atoms with Crippen molar-refractivity contribution in [1.82, 2.24) is 10.6 Å². The first kappa shape index (κ1) is 15.7. The number of aliphatic carboxylic acids is 1. The number of carboxylic acid groups (broad SMARTS) is 1. The van der Waals surface area contributed by atoms with Crippen molar-refractivity contribution in [2.45, 2.75) is 39.2 Å². The van der Waals surface area contributed by atoms with E-state index < -0.39 is 18.1 Å². The van der Waals surface area contributed by atoms with Gasteiger partial charge in [-0.05, 0) is 12.3 Å². The summed E-state index contributed by atoms with van der Waals surface area (Å²) in [7, 11) is 0. The number of aliphatic hydroxyl groups is 1. The van der Waals surface area contributed by atoms with Gasteiger partial charge in [0, 0.05) is 6.54 Å². The van der Waals surface area contributed by atoms with Crippen LogP contribution in [0.1, 0.15) is 33.1 Å². The number of amides is 2. The van der Waals surface area contributed by atoms with Gasteiger partial charge in [-0.25, -0.2) is 9.59 Å². The maximum atomic E-state index is 11.1. The first-order chi connectivity index (χ1) is 7.93. The topological polar surface area (TPSA) is 98.7 Å². The molecule has 0 aliphatic heterocycles. The summed E-state index contributed by atoms with van der Waals surface area (Å²) in [4.78, 5) is 21.4. The second-order valence-corrected chi connectivity index (χ2v) is 4.38. The molecule has 0 aliphatic rings. The zero-order valence-electron chi connectivity index (χ0n) is 10.4. The van der Waals surface area contributed by atoms with Gasteiger partial charge in [0.15, 0.2) is 6.10 Å². The Bertz CT molecular complexity index is 244. The fraction of sp³-hybridized carbons (Fsp3) is 0.818. The average Bonchev–Trinajstić information content (AvgIpc) is 2.24. The third kappa shape index (κ3) is 9.62. The Kier molecular flexibility index (Phi) is 8.13. The fourth-order valence-corrected chi connectivity index (χ4v) is 1.22. The lowest BCUT2D eigenvalue weighted by atomic mass is 10.1. The van der Waals surface area contributed by atoms with E-state index >= 15 is 0 Å². The first-order valence-electron chi connectivity index (χ1n) is 5.86. The van der Waals surface area contributed by atoms with E-state index in [4.69, 9.17) is 10.2 Å². The molecule has 0 bridgehead atoms. The molecule has 6 heteroatoms. The van der Waals surface area contributed by atoms with E-state index in [2.05, 4.69) is 24.5 Å². The molecule has 17 heavy (non-hydrogen) atoms. The summed E-state index contributed by atoms with van der Waals surface area (Å²) in [6.45, 7) is 4.57. The first-order valence-corrected chi connectivity index (χ1v) is 5.86. The second kappa shape index (κ2) is 8.81. The highest BCUT2D eigenvalue weighted by Crippen LogP contribution is 2.04. The summed E-state index contributed by atoms with van der Waals surface area (Å²) in [5.74, 6) is -0.684. The molecule has 2 amide bonds. The third-order valence-electron chi connectivity index (χ3n) is 2.23. The number of nitrogens with one attached hydrogen (secondary N) is 2. The van der Waals surface area contributed by atoms with Gasteiger partial charge in [0.25, 0.3) is 0 Å². The van der Waals surface area contributed by atoms with Crippen LogP contribution < -0.4 is 10.6 Å². The second-order valence-electron chi connectivity index (χ2n) is 4.38. The zero-order chi connectivity index (χ0) is 13.3. The van der Waals surface area contributed by atoms with Gasteiger partial charge in [0.2, 0.25) is 0 Å². The highest BCUT2D eigenvalue weighted by atomic mass is 16.4. The molecule has 0 fully saturated rings. The van der Waals surface area contributed by atoms with Crippen molar-refractivity contribution in [2.75, 3.05) is 13.1 Å². The summed E-state index contributed by atoms with van der Waals surface area (Å²) in [6.07, 6.45) is 1.52. The molecule has 0 aromatic carbocycles. The molecule has 4 N–H and O–H groups in total. The van der Waals surface area contributed by atoms with Crippen LogP contribution in [0.25, 0.3) is 0 Å². The standard InChI is InChI=1S/C11H22N2O4/c1-8(2)5-3-4-6-12-11(17)13-7-9(14)10(15)16/h8-9,14H,3-7H2,1-2H3,(H,15,16)(H2,12,13,17)/t9-/m0/s1. The predicted molar refractivity (Wildman–Crippen MR) is 63.7 cm³/mol. The molecule has 100 valence electrons. The normalized spacial score (nSPS) is 12.2. The van der Waals surface area contributed by atoms with Gasteiger partial charge in [-0.15, -0.1) is 0 Å². The van der Waals surface area contributed by atoms with Gasteiger partial charge in [0.1, 0.15) is 0 Å². The van der Waals surface area contributed by atoms with Crippen LogP contribution in [0.4, 0.5) is 4.79 Å².